The number of aryl methyl sites for hydroxylation is 2. The number of thioether (sulfide) groups is 1. The SMILES string of the molecule is CCCCC[n+]1ccc(SCC(=O)N2CCCc3ccccc32)c2ccccc21. The quantitative estimate of drug-likeness (QED) is 0.299. The molecule has 0 spiro atoms. The molecule has 0 atom stereocenters. The van der Waals surface area contributed by atoms with Crippen LogP contribution in [0.3, 0.4) is 0 Å². The molecule has 0 radical (unpaired) electrons. The highest BCUT2D eigenvalue weighted by atomic mass is 32.2. The van der Waals surface area contributed by atoms with Gasteiger partial charge in [0.1, 0.15) is 6.54 Å². The molecule has 4 heteroatoms. The van der Waals surface area contributed by atoms with Crippen LogP contribution in [0.2, 0.25) is 0 Å². The van der Waals surface area contributed by atoms with Crippen molar-refractivity contribution in [3.05, 3.63) is 66.4 Å². The average molecular weight is 406 g/mol. The molecule has 4 rings (SSSR count). The van der Waals surface area contributed by atoms with Crippen LogP contribution in [-0.2, 0) is 17.8 Å². The van der Waals surface area contributed by atoms with Crippen LogP contribution in [0.5, 0.6) is 0 Å². The van der Waals surface area contributed by atoms with Crippen molar-refractivity contribution in [3.63, 3.8) is 0 Å². The van der Waals surface area contributed by atoms with E-state index in [0.717, 1.165) is 31.6 Å². The topological polar surface area (TPSA) is 24.2 Å². The van der Waals surface area contributed by atoms with Crippen molar-refractivity contribution < 1.29 is 9.36 Å². The van der Waals surface area contributed by atoms with Gasteiger partial charge in [-0.2, -0.15) is 4.57 Å². The Morgan fingerprint density at radius 2 is 1.90 bits per heavy atom. The zero-order valence-corrected chi connectivity index (χ0v) is 18.0. The van der Waals surface area contributed by atoms with E-state index in [2.05, 4.69) is 66.2 Å². The van der Waals surface area contributed by atoms with E-state index in [-0.39, 0.29) is 5.91 Å². The minimum absolute atomic E-state index is 0.200. The summed E-state index contributed by atoms with van der Waals surface area (Å²) >= 11 is 1.66. The van der Waals surface area contributed by atoms with E-state index in [4.69, 9.17) is 0 Å². The van der Waals surface area contributed by atoms with E-state index in [9.17, 15) is 4.79 Å². The highest BCUT2D eigenvalue weighted by molar-refractivity contribution is 8.00. The van der Waals surface area contributed by atoms with Crippen LogP contribution in [0.15, 0.2) is 65.7 Å². The molecule has 0 saturated heterocycles. The number of hydrogen-bond donors (Lipinski definition) is 0. The highest BCUT2D eigenvalue weighted by Gasteiger charge is 2.22. The number of amides is 1. The van der Waals surface area contributed by atoms with E-state index in [0.29, 0.717) is 5.75 Å². The Morgan fingerprint density at radius 3 is 2.79 bits per heavy atom. The third-order valence-electron chi connectivity index (χ3n) is 5.65. The third kappa shape index (κ3) is 4.48. The second-order valence-electron chi connectivity index (χ2n) is 7.66. The lowest BCUT2D eigenvalue weighted by Crippen LogP contribution is -2.36. The summed E-state index contributed by atoms with van der Waals surface area (Å²) in [4.78, 5) is 16.2. The van der Waals surface area contributed by atoms with Crippen molar-refractivity contribution in [3.8, 4) is 0 Å². The number of para-hydroxylation sites is 2. The van der Waals surface area contributed by atoms with Crippen LogP contribution in [0.25, 0.3) is 10.9 Å². The van der Waals surface area contributed by atoms with Crippen molar-refractivity contribution in [2.75, 3.05) is 17.2 Å². The lowest BCUT2D eigenvalue weighted by Gasteiger charge is -2.29. The number of fused-ring (bicyclic) bond motifs is 2. The number of aromatic nitrogens is 1. The van der Waals surface area contributed by atoms with Crippen molar-refractivity contribution >= 4 is 34.3 Å². The molecule has 150 valence electrons. The van der Waals surface area contributed by atoms with Crippen LogP contribution < -0.4 is 9.47 Å². The molecule has 1 aliphatic rings. The average Bonchev–Trinajstić information content (AvgIpc) is 2.78. The molecule has 0 unspecified atom stereocenters. The third-order valence-corrected chi connectivity index (χ3v) is 6.71. The molecule has 1 aliphatic heterocycles. The molecular formula is C25H29N2OS+. The molecule has 2 aromatic carbocycles. The largest absolute Gasteiger partial charge is 0.311 e. The van der Waals surface area contributed by atoms with E-state index in [1.807, 2.05) is 11.0 Å². The molecule has 0 bridgehead atoms. The molecule has 2 heterocycles. The van der Waals surface area contributed by atoms with Crippen molar-refractivity contribution in [2.45, 2.75) is 50.5 Å². The molecule has 0 fully saturated rings. The van der Waals surface area contributed by atoms with Crippen LogP contribution in [0, 0.1) is 0 Å². The van der Waals surface area contributed by atoms with Gasteiger partial charge in [0.05, 0.1) is 11.1 Å². The molecule has 29 heavy (non-hydrogen) atoms. The minimum Gasteiger partial charge on any atom is -0.311 e. The molecule has 0 saturated carbocycles. The molecular weight excluding hydrogens is 376 g/mol. The highest BCUT2D eigenvalue weighted by Crippen LogP contribution is 2.30. The molecule has 3 aromatic rings. The summed E-state index contributed by atoms with van der Waals surface area (Å²) in [7, 11) is 0. The number of rotatable bonds is 7. The van der Waals surface area contributed by atoms with Crippen molar-refractivity contribution in [1.82, 2.24) is 0 Å². The fourth-order valence-corrected chi connectivity index (χ4v) is 5.04. The van der Waals surface area contributed by atoms with E-state index < -0.39 is 0 Å². The Labute approximate surface area is 177 Å². The Balaban J connectivity index is 1.50. The summed E-state index contributed by atoms with van der Waals surface area (Å²) in [5.74, 6) is 0.670. The Kier molecular flexibility index (Phi) is 6.50. The maximum Gasteiger partial charge on any atom is 0.237 e. The second-order valence-corrected chi connectivity index (χ2v) is 8.68. The maximum atomic E-state index is 13.0. The van der Waals surface area contributed by atoms with E-state index in [1.54, 1.807) is 11.8 Å². The monoisotopic (exact) mass is 405 g/mol. The van der Waals surface area contributed by atoms with Crippen LogP contribution in [-0.4, -0.2) is 18.2 Å². The molecule has 0 N–H and O–H groups in total. The molecule has 1 amide bonds. The number of pyridine rings is 1. The van der Waals surface area contributed by atoms with Gasteiger partial charge in [-0.3, -0.25) is 4.79 Å². The summed E-state index contributed by atoms with van der Waals surface area (Å²) in [6, 6.07) is 19.0. The van der Waals surface area contributed by atoms with Crippen LogP contribution in [0.1, 0.15) is 38.2 Å². The Hall–Kier alpha value is -2.33. The Morgan fingerprint density at radius 1 is 1.07 bits per heavy atom. The van der Waals surface area contributed by atoms with E-state index in [1.165, 1.54) is 40.6 Å². The fraction of sp³-hybridized carbons (Fsp3) is 0.360. The molecule has 0 aliphatic carbocycles. The maximum absolute atomic E-state index is 13.0. The number of unbranched alkanes of at least 4 members (excludes halogenated alkanes) is 2. The van der Waals surface area contributed by atoms with E-state index >= 15 is 0 Å². The zero-order valence-electron chi connectivity index (χ0n) is 17.1. The van der Waals surface area contributed by atoms with Crippen LogP contribution >= 0.6 is 11.8 Å². The minimum atomic E-state index is 0.200. The molecule has 3 nitrogen and oxygen atoms in total. The number of benzene rings is 2. The zero-order chi connectivity index (χ0) is 20.1. The van der Waals surface area contributed by atoms with Gasteiger partial charge in [-0.1, -0.05) is 43.7 Å². The lowest BCUT2D eigenvalue weighted by atomic mass is 10.0. The van der Waals surface area contributed by atoms with Gasteiger partial charge in [-0.05, 0) is 37.0 Å². The van der Waals surface area contributed by atoms with Gasteiger partial charge < -0.3 is 4.90 Å². The van der Waals surface area contributed by atoms with Gasteiger partial charge in [0.15, 0.2) is 6.20 Å². The second kappa shape index (κ2) is 9.45. The molecule has 1 aromatic heterocycles. The van der Waals surface area contributed by atoms with Crippen molar-refractivity contribution in [1.29, 1.82) is 0 Å². The summed E-state index contributed by atoms with van der Waals surface area (Å²) in [5, 5.41) is 1.24. The summed E-state index contributed by atoms with van der Waals surface area (Å²) in [5.41, 5.74) is 3.63. The number of carbonyl (C=O) groups is 1. The van der Waals surface area contributed by atoms with Crippen LogP contribution in [0.4, 0.5) is 5.69 Å². The summed E-state index contributed by atoms with van der Waals surface area (Å²) in [6.45, 7) is 4.10. The number of anilines is 1. The predicted octanol–water partition coefficient (Wildman–Crippen LogP) is 5.39. The number of nitrogens with zero attached hydrogens (tertiary/aromatic N) is 2. The lowest BCUT2D eigenvalue weighted by molar-refractivity contribution is -0.672. The normalized spacial score (nSPS) is 13.5. The smallest absolute Gasteiger partial charge is 0.237 e. The van der Waals surface area contributed by atoms with Gasteiger partial charge in [-0.25, -0.2) is 0 Å². The first-order valence-electron chi connectivity index (χ1n) is 10.7. The van der Waals surface area contributed by atoms with Crippen molar-refractivity contribution in [2.24, 2.45) is 0 Å². The van der Waals surface area contributed by atoms with Gasteiger partial charge in [-0.15, -0.1) is 11.8 Å². The van der Waals surface area contributed by atoms with Gasteiger partial charge in [0.25, 0.3) is 0 Å². The summed E-state index contributed by atoms with van der Waals surface area (Å²) < 4.78 is 2.34. The Bertz CT molecular complexity index is 1000. The fourth-order valence-electron chi connectivity index (χ4n) is 4.12. The standard InChI is InChI=1S/C25H29N2OS/c1-2-3-8-16-26-18-15-24(21-12-5-7-14-23(21)26)29-19-25(28)27-17-9-11-20-10-4-6-13-22(20)27/h4-7,10,12-15,18H,2-3,8-9,11,16-17,19H2,1H3/q+1. The predicted molar refractivity (Wildman–Crippen MR) is 122 cm³/mol. The van der Waals surface area contributed by atoms with Gasteiger partial charge in [0.2, 0.25) is 11.4 Å². The van der Waals surface area contributed by atoms with Gasteiger partial charge in [0, 0.05) is 35.7 Å². The summed E-state index contributed by atoms with van der Waals surface area (Å²) in [6.07, 6.45) is 7.97. The first-order chi connectivity index (χ1) is 14.3. The number of carbonyl (C=O) groups excluding carboxylic acids is 1. The van der Waals surface area contributed by atoms with Gasteiger partial charge >= 0.3 is 0 Å². The number of hydrogen-bond acceptors (Lipinski definition) is 2. The first kappa shape index (κ1) is 20.0. The first-order valence-corrected chi connectivity index (χ1v) is 11.7.